The molecule has 38 heavy (non-hydrogen) atoms. The van der Waals surface area contributed by atoms with E-state index in [1.54, 1.807) is 31.1 Å². The molecule has 198 valence electrons. The van der Waals surface area contributed by atoms with Crippen molar-refractivity contribution in [2.45, 2.75) is 26.0 Å². The molecule has 7 nitrogen and oxygen atoms in total. The molecular weight excluding hydrogens is 485 g/mol. The predicted octanol–water partition coefficient (Wildman–Crippen LogP) is 4.38. The van der Waals surface area contributed by atoms with E-state index in [0.29, 0.717) is 17.7 Å². The summed E-state index contributed by atoms with van der Waals surface area (Å²) in [6, 6.07) is 16.5. The number of aliphatic hydroxyl groups excluding tert-OH is 1. The van der Waals surface area contributed by atoms with Gasteiger partial charge in [0.25, 0.3) is 11.8 Å². The Kier molecular flexibility index (Phi) is 8.53. The number of hydrogen-bond acceptors (Lipinski definition) is 5. The van der Waals surface area contributed by atoms with Gasteiger partial charge >= 0.3 is 0 Å². The number of amides is 2. The number of pyridine rings is 1. The van der Waals surface area contributed by atoms with Gasteiger partial charge in [0.15, 0.2) is 0 Å². The Morgan fingerprint density at radius 3 is 2.55 bits per heavy atom. The number of benzene rings is 2. The van der Waals surface area contributed by atoms with E-state index in [1.165, 1.54) is 29.2 Å². The minimum Gasteiger partial charge on any atom is -0.472 e. The first kappa shape index (κ1) is 27.0. The summed E-state index contributed by atoms with van der Waals surface area (Å²) in [5.41, 5.74) is 2.41. The molecule has 0 saturated carbocycles. The lowest BCUT2D eigenvalue weighted by molar-refractivity contribution is 0.0313. The Balaban J connectivity index is 1.63. The number of rotatable bonds is 7. The average Bonchev–Trinajstić information content (AvgIpc) is 2.94. The first-order chi connectivity index (χ1) is 18.3. The van der Waals surface area contributed by atoms with Crippen LogP contribution in [0.1, 0.15) is 45.7 Å². The Morgan fingerprint density at radius 2 is 1.87 bits per heavy atom. The van der Waals surface area contributed by atoms with E-state index in [4.69, 9.17) is 4.74 Å². The summed E-state index contributed by atoms with van der Waals surface area (Å²) in [4.78, 5) is 34.2. The molecule has 8 heteroatoms. The summed E-state index contributed by atoms with van der Waals surface area (Å²) < 4.78 is 19.6. The molecule has 0 bridgehead atoms. The van der Waals surface area contributed by atoms with Crippen molar-refractivity contribution < 1.29 is 23.8 Å². The maximum absolute atomic E-state index is 13.6. The summed E-state index contributed by atoms with van der Waals surface area (Å²) in [6.07, 6.45) is 4.97. The molecule has 1 N–H and O–H groups in total. The fourth-order valence-corrected chi connectivity index (χ4v) is 4.35. The molecule has 0 fully saturated rings. The fraction of sp³-hybridized carbons (Fsp3) is 0.300. The molecule has 3 atom stereocenters. The van der Waals surface area contributed by atoms with Crippen LogP contribution >= 0.6 is 0 Å². The average molecular weight is 518 g/mol. The highest BCUT2D eigenvalue weighted by Crippen LogP contribution is 2.28. The number of carbonyl (C=O) groups excluding carboxylic acids is 2. The molecule has 3 aromatic rings. The van der Waals surface area contributed by atoms with Crippen LogP contribution in [0.25, 0.3) is 12.2 Å². The molecule has 0 aliphatic carbocycles. The van der Waals surface area contributed by atoms with Crippen molar-refractivity contribution in [3.63, 3.8) is 0 Å². The number of halogens is 1. The third-order valence-electron chi connectivity index (χ3n) is 6.70. The Bertz CT molecular complexity index is 1300. The van der Waals surface area contributed by atoms with Gasteiger partial charge in [-0.05, 0) is 48.4 Å². The van der Waals surface area contributed by atoms with Crippen LogP contribution in [0.3, 0.4) is 0 Å². The van der Waals surface area contributed by atoms with Crippen LogP contribution in [0.5, 0.6) is 5.88 Å². The van der Waals surface area contributed by atoms with Crippen LogP contribution in [-0.2, 0) is 0 Å². The van der Waals surface area contributed by atoms with Crippen LogP contribution < -0.4 is 4.74 Å². The van der Waals surface area contributed by atoms with Crippen LogP contribution in [0.2, 0.25) is 0 Å². The highest BCUT2D eigenvalue weighted by molar-refractivity contribution is 5.97. The molecule has 2 heterocycles. The molecule has 1 aliphatic rings. The Morgan fingerprint density at radius 1 is 1.18 bits per heavy atom. The van der Waals surface area contributed by atoms with Gasteiger partial charge in [-0.15, -0.1) is 0 Å². The van der Waals surface area contributed by atoms with Gasteiger partial charge in [-0.25, -0.2) is 9.37 Å². The normalized spacial score (nSPS) is 18.3. The number of nitrogens with zero attached hydrogens (tertiary/aromatic N) is 3. The van der Waals surface area contributed by atoms with Crippen LogP contribution in [-0.4, -0.2) is 70.6 Å². The molecule has 1 aliphatic heterocycles. The first-order valence-electron chi connectivity index (χ1n) is 12.6. The molecule has 4 rings (SSSR count). The van der Waals surface area contributed by atoms with Crippen molar-refractivity contribution in [1.29, 1.82) is 0 Å². The highest BCUT2D eigenvalue weighted by atomic mass is 19.1. The molecule has 2 amide bonds. The van der Waals surface area contributed by atoms with Crippen LogP contribution in [0, 0.1) is 11.7 Å². The van der Waals surface area contributed by atoms with Crippen LogP contribution in [0.15, 0.2) is 66.9 Å². The van der Waals surface area contributed by atoms with Crippen molar-refractivity contribution in [2.24, 2.45) is 5.92 Å². The number of carbonyl (C=O) groups is 2. The molecule has 0 saturated heterocycles. The second kappa shape index (κ2) is 12.0. The third-order valence-corrected chi connectivity index (χ3v) is 6.70. The summed E-state index contributed by atoms with van der Waals surface area (Å²) in [6.45, 7) is 4.09. The summed E-state index contributed by atoms with van der Waals surface area (Å²) in [7, 11) is 1.66. The molecule has 0 radical (unpaired) electrons. The first-order valence-corrected chi connectivity index (χ1v) is 12.6. The van der Waals surface area contributed by atoms with E-state index in [1.807, 2.05) is 49.4 Å². The highest BCUT2D eigenvalue weighted by Gasteiger charge is 2.34. The van der Waals surface area contributed by atoms with Crippen LogP contribution in [0.4, 0.5) is 4.39 Å². The molecular formula is C30H32FN3O4. The summed E-state index contributed by atoms with van der Waals surface area (Å²) in [5.74, 6) is -0.950. The maximum Gasteiger partial charge on any atom is 0.259 e. The molecule has 1 aromatic heterocycles. The summed E-state index contributed by atoms with van der Waals surface area (Å²) in [5, 5.41) is 9.86. The number of likely N-dealkylation sites (N-methyl/N-ethyl adjacent to an activating group) is 1. The second-order valence-electron chi connectivity index (χ2n) is 9.68. The smallest absolute Gasteiger partial charge is 0.259 e. The fourth-order valence-electron chi connectivity index (χ4n) is 4.35. The van der Waals surface area contributed by atoms with Crippen molar-refractivity contribution in [1.82, 2.24) is 14.8 Å². The molecule has 2 aromatic carbocycles. The third kappa shape index (κ3) is 6.26. The minimum absolute atomic E-state index is 0.177. The van der Waals surface area contributed by atoms with Crippen molar-refractivity contribution in [3.05, 3.63) is 94.9 Å². The van der Waals surface area contributed by atoms with Gasteiger partial charge in [-0.2, -0.15) is 0 Å². The van der Waals surface area contributed by atoms with Gasteiger partial charge in [-0.1, -0.05) is 49.4 Å². The second-order valence-corrected chi connectivity index (χ2v) is 9.68. The topological polar surface area (TPSA) is 83.0 Å². The summed E-state index contributed by atoms with van der Waals surface area (Å²) >= 11 is 0. The van der Waals surface area contributed by atoms with E-state index in [0.717, 1.165) is 11.1 Å². The quantitative estimate of drug-likeness (QED) is 0.503. The number of aliphatic hydroxyl groups is 1. The number of aromatic nitrogens is 1. The standard InChI is InChI=1S/C30H32FN3O4/c1-20-17-34(21(2)19-35)30(37)26-15-23(10-9-22-7-5-4-6-8-22)16-32-28(26)38-27(20)18-33(3)29(36)24-11-13-25(31)14-12-24/h4-16,20-21,27,35H,17-19H2,1-3H3/b10-9+/t20-,21+,27-/m0/s1. The lowest BCUT2D eigenvalue weighted by Crippen LogP contribution is -2.50. The number of ether oxygens (including phenoxy) is 1. The van der Waals surface area contributed by atoms with Gasteiger partial charge in [-0.3, -0.25) is 9.59 Å². The van der Waals surface area contributed by atoms with Gasteiger partial charge < -0.3 is 19.6 Å². The van der Waals surface area contributed by atoms with E-state index < -0.39 is 18.0 Å². The predicted molar refractivity (Wildman–Crippen MR) is 144 cm³/mol. The monoisotopic (exact) mass is 517 g/mol. The van der Waals surface area contributed by atoms with Gasteiger partial charge in [0.05, 0.1) is 19.2 Å². The SMILES string of the molecule is C[C@H](CO)N1C[C@H](C)[C@H](CN(C)C(=O)c2ccc(F)cc2)Oc2ncc(/C=C/c3ccccc3)cc2C1=O. The number of hydrogen-bond donors (Lipinski definition) is 1. The maximum atomic E-state index is 13.6. The van der Waals surface area contributed by atoms with Gasteiger partial charge in [0.1, 0.15) is 17.5 Å². The zero-order valence-electron chi connectivity index (χ0n) is 21.8. The van der Waals surface area contributed by atoms with Gasteiger partial charge in [0, 0.05) is 31.3 Å². The molecule has 0 unspecified atom stereocenters. The lowest BCUT2D eigenvalue weighted by Gasteiger charge is -2.37. The molecule has 0 spiro atoms. The van der Waals surface area contributed by atoms with Crippen molar-refractivity contribution in [3.8, 4) is 5.88 Å². The number of fused-ring (bicyclic) bond motifs is 1. The van der Waals surface area contributed by atoms with E-state index in [-0.39, 0.29) is 36.8 Å². The van der Waals surface area contributed by atoms with Crippen molar-refractivity contribution >= 4 is 24.0 Å². The van der Waals surface area contributed by atoms with Gasteiger partial charge in [0.2, 0.25) is 5.88 Å². The lowest BCUT2D eigenvalue weighted by atomic mass is 9.99. The van der Waals surface area contributed by atoms with E-state index in [9.17, 15) is 19.1 Å². The van der Waals surface area contributed by atoms with E-state index in [2.05, 4.69) is 4.98 Å². The van der Waals surface area contributed by atoms with Crippen molar-refractivity contribution in [2.75, 3.05) is 26.7 Å². The Hall–Kier alpha value is -4.04. The zero-order valence-corrected chi connectivity index (χ0v) is 21.8. The van der Waals surface area contributed by atoms with E-state index >= 15 is 0 Å². The zero-order chi connectivity index (χ0) is 27.2. The largest absolute Gasteiger partial charge is 0.472 e. The Labute approximate surface area is 222 Å². The minimum atomic E-state index is -0.483.